The molecule has 0 heterocycles. The molecule has 0 radical (unpaired) electrons. The van der Waals surface area contributed by atoms with Crippen molar-refractivity contribution in [2.75, 3.05) is 20.6 Å². The molecule has 2 aromatic carbocycles. The molecule has 0 fully saturated rings. The van der Waals surface area contributed by atoms with Gasteiger partial charge in [0.25, 0.3) is 0 Å². The summed E-state index contributed by atoms with van der Waals surface area (Å²) >= 11 is 3.39. The predicted molar refractivity (Wildman–Crippen MR) is 102 cm³/mol. The molecule has 3 N–H and O–H groups in total. The minimum atomic E-state index is -1.08. The SMILES string of the molecule is CN(C)C(CNC(=O)C(C)(N)c1ccc(Br)cc1)c1ccccc1. The van der Waals surface area contributed by atoms with E-state index in [1.54, 1.807) is 6.92 Å². The molecule has 0 saturated heterocycles. The normalized spacial score (nSPS) is 14.9. The fourth-order valence-electron chi connectivity index (χ4n) is 2.57. The molecule has 128 valence electrons. The highest BCUT2D eigenvalue weighted by Crippen LogP contribution is 2.22. The minimum Gasteiger partial charge on any atom is -0.352 e. The van der Waals surface area contributed by atoms with Gasteiger partial charge < -0.3 is 16.0 Å². The summed E-state index contributed by atoms with van der Waals surface area (Å²) in [5, 5.41) is 3.00. The number of carbonyl (C=O) groups excluding carboxylic acids is 1. The van der Waals surface area contributed by atoms with Gasteiger partial charge >= 0.3 is 0 Å². The van der Waals surface area contributed by atoms with E-state index in [4.69, 9.17) is 5.73 Å². The van der Waals surface area contributed by atoms with Crippen molar-refractivity contribution in [2.45, 2.75) is 18.5 Å². The zero-order valence-electron chi connectivity index (χ0n) is 14.3. The minimum absolute atomic E-state index is 0.0934. The van der Waals surface area contributed by atoms with Crippen LogP contribution in [0.4, 0.5) is 0 Å². The second-order valence-electron chi connectivity index (χ2n) is 6.31. The molecule has 2 rings (SSSR count). The number of nitrogens with one attached hydrogen (secondary N) is 1. The summed E-state index contributed by atoms with van der Waals surface area (Å²) in [6.45, 7) is 2.23. The van der Waals surface area contributed by atoms with Crippen LogP contribution < -0.4 is 11.1 Å². The molecule has 0 aromatic heterocycles. The van der Waals surface area contributed by atoms with Crippen LogP contribution in [0.1, 0.15) is 24.1 Å². The number of likely N-dealkylation sites (N-methyl/N-ethyl adjacent to an activating group) is 1. The number of nitrogens with two attached hydrogens (primary N) is 1. The predicted octanol–water partition coefficient (Wildman–Crippen LogP) is 3.04. The van der Waals surface area contributed by atoms with Crippen LogP contribution in [-0.2, 0) is 10.3 Å². The van der Waals surface area contributed by atoms with Gasteiger partial charge in [0.05, 0.1) is 6.04 Å². The molecule has 0 spiro atoms. The summed E-state index contributed by atoms with van der Waals surface area (Å²) in [4.78, 5) is 14.7. The van der Waals surface area contributed by atoms with E-state index in [0.29, 0.717) is 6.54 Å². The lowest BCUT2D eigenvalue weighted by atomic mass is 9.92. The summed E-state index contributed by atoms with van der Waals surface area (Å²) in [5.74, 6) is -0.187. The highest BCUT2D eigenvalue weighted by atomic mass is 79.9. The maximum atomic E-state index is 12.6. The van der Waals surface area contributed by atoms with Crippen molar-refractivity contribution in [1.82, 2.24) is 10.2 Å². The Morgan fingerprint density at radius 3 is 2.29 bits per heavy atom. The van der Waals surface area contributed by atoms with E-state index in [1.807, 2.05) is 56.6 Å². The molecule has 2 unspecified atom stereocenters. The fraction of sp³-hybridized carbons (Fsp3) is 0.316. The first-order valence-electron chi connectivity index (χ1n) is 7.87. The molecule has 0 bridgehead atoms. The van der Waals surface area contributed by atoms with Crippen LogP contribution in [0.2, 0.25) is 0 Å². The molecule has 0 aliphatic heterocycles. The third-order valence-electron chi connectivity index (χ3n) is 4.18. The molecular weight excluding hydrogens is 366 g/mol. The summed E-state index contributed by atoms with van der Waals surface area (Å²) < 4.78 is 0.958. The van der Waals surface area contributed by atoms with Gasteiger partial charge in [0, 0.05) is 11.0 Å². The third-order valence-corrected chi connectivity index (χ3v) is 4.71. The number of hydrogen-bond donors (Lipinski definition) is 2. The van der Waals surface area contributed by atoms with Crippen LogP contribution in [0.15, 0.2) is 59.1 Å². The molecular formula is C19H24BrN3O. The molecule has 4 nitrogen and oxygen atoms in total. The average Bonchev–Trinajstić information content (AvgIpc) is 2.56. The number of carbonyl (C=O) groups is 1. The van der Waals surface area contributed by atoms with Crippen LogP contribution in [0.3, 0.4) is 0 Å². The maximum Gasteiger partial charge on any atom is 0.244 e. The van der Waals surface area contributed by atoms with E-state index >= 15 is 0 Å². The van der Waals surface area contributed by atoms with Gasteiger partial charge in [-0.1, -0.05) is 58.4 Å². The first-order chi connectivity index (χ1) is 11.3. The zero-order valence-corrected chi connectivity index (χ0v) is 15.9. The van der Waals surface area contributed by atoms with E-state index in [0.717, 1.165) is 15.6 Å². The Morgan fingerprint density at radius 2 is 1.75 bits per heavy atom. The lowest BCUT2D eigenvalue weighted by Gasteiger charge is -2.29. The number of amides is 1. The van der Waals surface area contributed by atoms with E-state index in [-0.39, 0.29) is 11.9 Å². The number of rotatable bonds is 6. The standard InChI is InChI=1S/C19H24BrN3O/c1-19(21,15-9-11-16(20)12-10-15)18(24)22-13-17(23(2)3)14-7-5-4-6-8-14/h4-12,17H,13,21H2,1-3H3,(H,22,24). The van der Waals surface area contributed by atoms with Crippen molar-refractivity contribution in [3.8, 4) is 0 Å². The highest BCUT2D eigenvalue weighted by Gasteiger charge is 2.31. The van der Waals surface area contributed by atoms with Crippen molar-refractivity contribution < 1.29 is 4.79 Å². The summed E-state index contributed by atoms with van der Waals surface area (Å²) in [7, 11) is 4.00. The first-order valence-corrected chi connectivity index (χ1v) is 8.66. The fourth-order valence-corrected chi connectivity index (χ4v) is 2.84. The van der Waals surface area contributed by atoms with Crippen LogP contribution in [0.5, 0.6) is 0 Å². The molecule has 24 heavy (non-hydrogen) atoms. The third kappa shape index (κ3) is 4.44. The Kier molecular flexibility index (Phi) is 6.15. The number of nitrogens with zero attached hydrogens (tertiary/aromatic N) is 1. The molecule has 0 aliphatic rings. The van der Waals surface area contributed by atoms with Crippen molar-refractivity contribution in [3.05, 3.63) is 70.2 Å². The van der Waals surface area contributed by atoms with E-state index in [2.05, 4.69) is 38.3 Å². The summed E-state index contributed by atoms with van der Waals surface area (Å²) in [6, 6.07) is 17.7. The van der Waals surface area contributed by atoms with Gasteiger partial charge in [-0.25, -0.2) is 0 Å². The van der Waals surface area contributed by atoms with Gasteiger partial charge in [-0.3, -0.25) is 4.79 Å². The van der Waals surface area contributed by atoms with Gasteiger partial charge in [0.2, 0.25) is 5.91 Å². The van der Waals surface area contributed by atoms with Gasteiger partial charge in [-0.05, 0) is 44.3 Å². The van der Waals surface area contributed by atoms with Crippen LogP contribution >= 0.6 is 15.9 Å². The monoisotopic (exact) mass is 389 g/mol. The molecule has 0 saturated carbocycles. The average molecular weight is 390 g/mol. The Hall–Kier alpha value is -1.69. The summed E-state index contributed by atoms with van der Waals surface area (Å²) in [5.41, 5.74) is 7.16. The van der Waals surface area contributed by atoms with Gasteiger partial charge in [0.1, 0.15) is 5.54 Å². The lowest BCUT2D eigenvalue weighted by molar-refractivity contribution is -0.126. The summed E-state index contributed by atoms with van der Waals surface area (Å²) in [6.07, 6.45) is 0. The van der Waals surface area contributed by atoms with Crippen LogP contribution in [-0.4, -0.2) is 31.4 Å². The van der Waals surface area contributed by atoms with Crippen LogP contribution in [0.25, 0.3) is 0 Å². The Labute approximate surface area is 152 Å². The van der Waals surface area contributed by atoms with Crippen molar-refractivity contribution in [1.29, 1.82) is 0 Å². The maximum absolute atomic E-state index is 12.6. The Balaban J connectivity index is 2.09. The largest absolute Gasteiger partial charge is 0.352 e. The smallest absolute Gasteiger partial charge is 0.244 e. The van der Waals surface area contributed by atoms with E-state index in [9.17, 15) is 4.79 Å². The Morgan fingerprint density at radius 1 is 1.17 bits per heavy atom. The van der Waals surface area contributed by atoms with Crippen molar-refractivity contribution in [3.63, 3.8) is 0 Å². The molecule has 5 heteroatoms. The second-order valence-corrected chi connectivity index (χ2v) is 7.23. The second kappa shape index (κ2) is 7.92. The quantitative estimate of drug-likeness (QED) is 0.797. The number of halogens is 1. The Bertz CT molecular complexity index is 669. The van der Waals surface area contributed by atoms with E-state index in [1.165, 1.54) is 0 Å². The van der Waals surface area contributed by atoms with Gasteiger partial charge in [0.15, 0.2) is 0 Å². The molecule has 2 atom stereocenters. The van der Waals surface area contributed by atoms with Gasteiger partial charge in [-0.15, -0.1) is 0 Å². The van der Waals surface area contributed by atoms with Crippen molar-refractivity contribution >= 4 is 21.8 Å². The van der Waals surface area contributed by atoms with Crippen molar-refractivity contribution in [2.24, 2.45) is 5.73 Å². The highest BCUT2D eigenvalue weighted by molar-refractivity contribution is 9.10. The van der Waals surface area contributed by atoms with E-state index < -0.39 is 5.54 Å². The van der Waals surface area contributed by atoms with Gasteiger partial charge in [-0.2, -0.15) is 0 Å². The molecule has 1 amide bonds. The number of hydrogen-bond acceptors (Lipinski definition) is 3. The topological polar surface area (TPSA) is 58.4 Å². The lowest BCUT2D eigenvalue weighted by Crippen LogP contribution is -2.50. The number of benzene rings is 2. The first kappa shape index (κ1) is 18.6. The zero-order chi connectivity index (χ0) is 17.7. The molecule has 2 aromatic rings. The molecule has 0 aliphatic carbocycles. The van der Waals surface area contributed by atoms with Crippen LogP contribution in [0, 0.1) is 0 Å².